The molecule has 8 atom stereocenters. The predicted octanol–water partition coefficient (Wildman–Crippen LogP) is 0.493. The summed E-state index contributed by atoms with van der Waals surface area (Å²) in [6.45, 7) is -2.20. The molecule has 53 heavy (non-hydrogen) atoms. The zero-order chi connectivity index (χ0) is 38.0. The molecule has 1 aromatic heterocycles. The third-order valence-electron chi connectivity index (χ3n) is 8.70. The minimum atomic E-state index is -2.21. The fraction of sp³-hybridized carbons (Fsp3) is 0.333. The number of fused-ring (bicyclic) bond motifs is 1. The van der Waals surface area contributed by atoms with Crippen LogP contribution in [0.5, 0.6) is 28.7 Å². The molecule has 8 N–H and O–H groups in total. The van der Waals surface area contributed by atoms with Crippen molar-refractivity contribution in [3.63, 3.8) is 0 Å². The first kappa shape index (κ1) is 37.5. The zero-order valence-electron chi connectivity index (χ0n) is 27.8. The van der Waals surface area contributed by atoms with E-state index in [9.17, 15) is 50.4 Å². The van der Waals surface area contributed by atoms with Crippen LogP contribution in [-0.2, 0) is 23.7 Å². The molecule has 0 spiro atoms. The van der Waals surface area contributed by atoms with Crippen LogP contribution in [-0.4, -0.2) is 122 Å². The normalized spacial score (nSPS) is 27.2. The summed E-state index contributed by atoms with van der Waals surface area (Å²) in [4.78, 5) is 26.3. The summed E-state index contributed by atoms with van der Waals surface area (Å²) in [6, 6.07) is 13.8. The lowest BCUT2D eigenvalue weighted by atomic mass is 9.98. The van der Waals surface area contributed by atoms with Crippen molar-refractivity contribution in [3.8, 4) is 40.1 Å². The van der Waals surface area contributed by atoms with E-state index < -0.39 is 91.4 Å². The maximum atomic E-state index is 14.0. The molecule has 3 aromatic carbocycles. The van der Waals surface area contributed by atoms with Gasteiger partial charge in [0.05, 0.1) is 20.3 Å². The number of aliphatic hydroxyl groups excluding tert-OH is 4. The van der Waals surface area contributed by atoms with E-state index in [4.69, 9.17) is 32.8 Å². The molecule has 0 unspecified atom stereocenters. The molecule has 2 aliphatic heterocycles. The number of benzene rings is 3. The van der Waals surface area contributed by atoms with Gasteiger partial charge in [0, 0.05) is 23.8 Å². The van der Waals surface area contributed by atoms with Gasteiger partial charge in [0.15, 0.2) is 23.8 Å². The Kier molecular flexibility index (Phi) is 10.9. The summed E-state index contributed by atoms with van der Waals surface area (Å²) in [5.74, 6) is -2.15. The molecule has 0 aliphatic carbocycles. The van der Waals surface area contributed by atoms with Crippen LogP contribution in [0.2, 0.25) is 0 Å². The number of hydrogen-bond donors (Lipinski definition) is 8. The van der Waals surface area contributed by atoms with Gasteiger partial charge in [0.2, 0.25) is 17.5 Å². The van der Waals surface area contributed by atoms with E-state index in [1.54, 1.807) is 12.1 Å². The Hall–Kier alpha value is -5.24. The monoisotopic (exact) mass is 740 g/mol. The zero-order valence-corrected chi connectivity index (χ0v) is 27.8. The summed E-state index contributed by atoms with van der Waals surface area (Å²) in [6.07, 6.45) is -10.0. The second-order valence-electron chi connectivity index (χ2n) is 12.3. The maximum absolute atomic E-state index is 14.0. The molecule has 0 saturated carbocycles. The van der Waals surface area contributed by atoms with E-state index in [2.05, 4.69) is 0 Å². The molecule has 0 bridgehead atoms. The highest BCUT2D eigenvalue weighted by molar-refractivity contribution is 5.88. The molecule has 6 rings (SSSR count). The standard InChI is InChI=1S/C36H36O17/c1-47-21-12-22(40)26-23(13-21)50-30(18-5-9-20(39)10-6-18)31(28(26)43)52-34-32(29(44)27(42)24(14-37)51-34)53-35-33(45)36(46,16-49-35)15-48-25(41)11-4-17-2-7-19(38)8-3-17/h2-13,24,27,29,32-35,37-40,42,44-46H,14-16H2,1H3/t24-,27-,29+,32-,33+,34+,35+,36-/m1/s1. The van der Waals surface area contributed by atoms with Gasteiger partial charge in [0.25, 0.3) is 0 Å². The predicted molar refractivity (Wildman–Crippen MR) is 180 cm³/mol. The summed E-state index contributed by atoms with van der Waals surface area (Å²) in [5.41, 5.74) is -2.47. The van der Waals surface area contributed by atoms with Crippen LogP contribution >= 0.6 is 0 Å². The Bertz CT molecular complexity index is 2010. The first-order chi connectivity index (χ1) is 25.3. The number of aliphatic hydroxyl groups is 5. The molecule has 0 amide bonds. The summed E-state index contributed by atoms with van der Waals surface area (Å²) < 4.78 is 39.3. The number of rotatable bonds is 11. The number of carbonyl (C=O) groups excluding carboxylic acids is 1. The quantitative estimate of drug-likeness (QED) is 0.0768. The Morgan fingerprint density at radius 3 is 2.30 bits per heavy atom. The van der Waals surface area contributed by atoms with E-state index in [0.29, 0.717) is 5.56 Å². The van der Waals surface area contributed by atoms with Crippen molar-refractivity contribution in [1.82, 2.24) is 0 Å². The highest BCUT2D eigenvalue weighted by Gasteiger charge is 2.54. The van der Waals surface area contributed by atoms with Gasteiger partial charge in [-0.15, -0.1) is 0 Å². The van der Waals surface area contributed by atoms with Gasteiger partial charge in [-0.2, -0.15) is 0 Å². The van der Waals surface area contributed by atoms with Crippen LogP contribution in [0.1, 0.15) is 5.56 Å². The third-order valence-corrected chi connectivity index (χ3v) is 8.70. The van der Waals surface area contributed by atoms with Crippen LogP contribution in [0.15, 0.2) is 76.0 Å². The first-order valence-corrected chi connectivity index (χ1v) is 16.1. The van der Waals surface area contributed by atoms with Crippen molar-refractivity contribution in [2.75, 3.05) is 26.9 Å². The van der Waals surface area contributed by atoms with E-state index >= 15 is 0 Å². The van der Waals surface area contributed by atoms with Crippen LogP contribution in [0.3, 0.4) is 0 Å². The van der Waals surface area contributed by atoms with Gasteiger partial charge in [-0.1, -0.05) is 12.1 Å². The molecule has 282 valence electrons. The van der Waals surface area contributed by atoms with E-state index in [1.165, 1.54) is 55.7 Å². The number of hydrogen-bond acceptors (Lipinski definition) is 17. The lowest BCUT2D eigenvalue weighted by molar-refractivity contribution is -0.319. The number of methoxy groups -OCH3 is 1. The maximum Gasteiger partial charge on any atom is 0.330 e. The van der Waals surface area contributed by atoms with Crippen LogP contribution in [0, 0.1) is 0 Å². The minimum absolute atomic E-state index is 0.0340. The average Bonchev–Trinajstić information content (AvgIpc) is 3.43. The van der Waals surface area contributed by atoms with E-state index in [0.717, 1.165) is 12.1 Å². The number of carbonyl (C=O) groups is 1. The minimum Gasteiger partial charge on any atom is -0.508 e. The molecule has 2 aliphatic rings. The van der Waals surface area contributed by atoms with Crippen molar-refractivity contribution in [2.24, 2.45) is 0 Å². The van der Waals surface area contributed by atoms with Crippen molar-refractivity contribution >= 4 is 23.0 Å². The Labute approximate surface area is 299 Å². The topological polar surface area (TPSA) is 264 Å². The summed E-state index contributed by atoms with van der Waals surface area (Å²) in [7, 11) is 1.34. The molecule has 0 radical (unpaired) electrons. The van der Waals surface area contributed by atoms with Gasteiger partial charge < -0.3 is 73.7 Å². The second-order valence-corrected chi connectivity index (χ2v) is 12.3. The number of phenols is 3. The SMILES string of the molecule is COc1cc(O)c2c(=O)c(O[C@@H]3O[C@H](CO)[C@@H](O)[C@H](O)[C@H]3O[C@@H]3OC[C@](O)(COC(=O)C=Cc4ccc(O)cc4)[C@H]3O)c(-c3ccc(O)cc3)oc2c1. The van der Waals surface area contributed by atoms with Crippen molar-refractivity contribution in [3.05, 3.63) is 82.5 Å². The van der Waals surface area contributed by atoms with Gasteiger partial charge in [-0.25, -0.2) is 4.79 Å². The number of ether oxygens (including phenoxy) is 6. The lowest BCUT2D eigenvalue weighted by Crippen LogP contribution is -2.62. The second kappa shape index (κ2) is 15.4. The molecule has 3 heterocycles. The smallest absolute Gasteiger partial charge is 0.330 e. The van der Waals surface area contributed by atoms with Gasteiger partial charge >= 0.3 is 5.97 Å². The summed E-state index contributed by atoms with van der Waals surface area (Å²) in [5, 5.41) is 83.6. The average molecular weight is 741 g/mol. The van der Waals surface area contributed by atoms with Gasteiger partial charge in [-0.05, 0) is 48.0 Å². The van der Waals surface area contributed by atoms with Gasteiger partial charge in [0.1, 0.15) is 65.0 Å². The van der Waals surface area contributed by atoms with Crippen LogP contribution in [0.25, 0.3) is 28.4 Å². The third kappa shape index (κ3) is 7.78. The summed E-state index contributed by atoms with van der Waals surface area (Å²) >= 11 is 0. The van der Waals surface area contributed by atoms with Crippen molar-refractivity contribution in [1.29, 1.82) is 0 Å². The van der Waals surface area contributed by atoms with Crippen LogP contribution in [0.4, 0.5) is 0 Å². The fourth-order valence-corrected chi connectivity index (χ4v) is 5.74. The largest absolute Gasteiger partial charge is 0.508 e. The Morgan fingerprint density at radius 1 is 0.962 bits per heavy atom. The first-order valence-electron chi connectivity index (χ1n) is 16.1. The van der Waals surface area contributed by atoms with Crippen molar-refractivity contribution < 1.29 is 78.5 Å². The van der Waals surface area contributed by atoms with E-state index in [1.807, 2.05) is 0 Å². The van der Waals surface area contributed by atoms with Crippen molar-refractivity contribution in [2.45, 2.75) is 48.7 Å². The molecular formula is C36H36O17. The molecule has 2 fully saturated rings. The number of phenolic OH excluding ortho intramolecular Hbond substituents is 3. The Morgan fingerprint density at radius 2 is 1.64 bits per heavy atom. The molecule has 17 nitrogen and oxygen atoms in total. The van der Waals surface area contributed by atoms with Crippen LogP contribution < -0.4 is 14.9 Å². The fourth-order valence-electron chi connectivity index (χ4n) is 5.74. The highest BCUT2D eigenvalue weighted by atomic mass is 16.8. The molecule has 4 aromatic rings. The van der Waals surface area contributed by atoms with E-state index in [-0.39, 0.29) is 39.5 Å². The van der Waals surface area contributed by atoms with Gasteiger partial charge in [-0.3, -0.25) is 4.79 Å². The lowest BCUT2D eigenvalue weighted by Gasteiger charge is -2.42. The number of esters is 1. The molecular weight excluding hydrogens is 704 g/mol. The molecule has 2 saturated heterocycles. The number of aromatic hydroxyl groups is 3. The Balaban J connectivity index is 1.27. The highest BCUT2D eigenvalue weighted by Crippen LogP contribution is 2.39. The molecule has 17 heteroatoms.